The minimum Gasteiger partial charge on any atom is -0.298 e. The highest BCUT2D eigenvalue weighted by Crippen LogP contribution is 2.24. The predicted molar refractivity (Wildman–Crippen MR) is 78.2 cm³/mol. The van der Waals surface area contributed by atoms with E-state index in [4.69, 9.17) is 0 Å². The van der Waals surface area contributed by atoms with Crippen molar-refractivity contribution in [2.75, 3.05) is 5.32 Å². The van der Waals surface area contributed by atoms with E-state index in [9.17, 15) is 13.6 Å². The van der Waals surface area contributed by atoms with Crippen LogP contribution in [0.25, 0.3) is 0 Å². The van der Waals surface area contributed by atoms with Crippen LogP contribution < -0.4 is 5.32 Å². The van der Waals surface area contributed by atoms with Gasteiger partial charge in [-0.2, -0.15) is 0 Å². The molecule has 0 spiro atoms. The lowest BCUT2D eigenvalue weighted by Crippen LogP contribution is -2.15. The number of nitrogens with zero attached hydrogens (tertiary/aromatic N) is 1. The summed E-state index contributed by atoms with van der Waals surface area (Å²) in [5.41, 5.74) is 0.251. The minimum atomic E-state index is -0.918. The van der Waals surface area contributed by atoms with Crippen LogP contribution in [0.15, 0.2) is 16.6 Å². The third kappa shape index (κ3) is 3.04. The summed E-state index contributed by atoms with van der Waals surface area (Å²) in [5.74, 6) is -2.68. The average Bonchev–Trinajstić information content (AvgIpc) is 2.67. The van der Waals surface area contributed by atoms with Crippen LogP contribution in [0, 0.1) is 18.6 Å². The fourth-order valence-corrected chi connectivity index (χ4v) is 3.03. The van der Waals surface area contributed by atoms with Crippen molar-refractivity contribution in [3.8, 4) is 0 Å². The number of nitrogens with one attached hydrogen (secondary N) is 1. The molecule has 0 unspecified atom stereocenters. The number of carbonyl (C=O) groups excluding carboxylic acids is 1. The number of thiazole rings is 1. The summed E-state index contributed by atoms with van der Waals surface area (Å²) in [6, 6.07) is 2.09. The van der Waals surface area contributed by atoms with Gasteiger partial charge in [0, 0.05) is 9.35 Å². The van der Waals surface area contributed by atoms with E-state index in [0.29, 0.717) is 5.13 Å². The molecule has 7 heteroatoms. The Bertz CT molecular complexity index is 649. The van der Waals surface area contributed by atoms with Crippen LogP contribution >= 0.6 is 27.3 Å². The zero-order chi connectivity index (χ0) is 14.9. The first kappa shape index (κ1) is 15.1. The van der Waals surface area contributed by atoms with Crippen LogP contribution in [0.2, 0.25) is 0 Å². The quantitative estimate of drug-likeness (QED) is 0.885. The second-order valence-corrected chi connectivity index (χ2v) is 6.19. The fraction of sp³-hybridized carbons (Fsp3) is 0.231. The fourth-order valence-electron chi connectivity index (χ4n) is 1.73. The molecule has 1 heterocycles. The zero-order valence-electron chi connectivity index (χ0n) is 10.8. The summed E-state index contributed by atoms with van der Waals surface area (Å²) < 4.78 is 27.6. The Balaban J connectivity index is 2.28. The number of aromatic nitrogens is 1. The largest absolute Gasteiger partial charge is 0.298 e. The molecule has 20 heavy (non-hydrogen) atoms. The normalized spacial score (nSPS) is 10.7. The molecule has 0 aliphatic rings. The van der Waals surface area contributed by atoms with Gasteiger partial charge in [0.15, 0.2) is 5.13 Å². The Labute approximate surface area is 127 Å². The van der Waals surface area contributed by atoms with Gasteiger partial charge in [-0.15, -0.1) is 11.3 Å². The number of halogens is 3. The van der Waals surface area contributed by atoms with Crippen molar-refractivity contribution < 1.29 is 13.6 Å². The van der Waals surface area contributed by atoms with E-state index < -0.39 is 23.1 Å². The molecule has 106 valence electrons. The Morgan fingerprint density at radius 3 is 2.50 bits per heavy atom. The van der Waals surface area contributed by atoms with Gasteiger partial charge in [0.25, 0.3) is 5.91 Å². The third-order valence-electron chi connectivity index (χ3n) is 2.68. The lowest BCUT2D eigenvalue weighted by atomic mass is 10.2. The number of hydrogen-bond donors (Lipinski definition) is 1. The van der Waals surface area contributed by atoms with Gasteiger partial charge in [-0.05, 0) is 25.5 Å². The first-order chi connectivity index (χ1) is 9.42. The van der Waals surface area contributed by atoms with Gasteiger partial charge in [-0.25, -0.2) is 13.8 Å². The summed E-state index contributed by atoms with van der Waals surface area (Å²) in [6.07, 6.45) is 0.735. The molecule has 0 bridgehead atoms. The van der Waals surface area contributed by atoms with Crippen LogP contribution in [-0.4, -0.2) is 10.9 Å². The molecule has 0 saturated carbocycles. The smallest absolute Gasteiger partial charge is 0.263 e. The van der Waals surface area contributed by atoms with Gasteiger partial charge in [0.1, 0.15) is 17.2 Å². The molecule has 0 saturated heterocycles. The number of aryl methyl sites for hydroxylation is 2. The van der Waals surface area contributed by atoms with Crippen LogP contribution in [-0.2, 0) is 6.42 Å². The van der Waals surface area contributed by atoms with Crippen molar-refractivity contribution in [2.45, 2.75) is 20.3 Å². The number of benzene rings is 1. The van der Waals surface area contributed by atoms with Crippen molar-refractivity contribution in [1.82, 2.24) is 4.98 Å². The highest BCUT2D eigenvalue weighted by atomic mass is 79.9. The third-order valence-corrected chi connectivity index (χ3v) is 4.07. The highest BCUT2D eigenvalue weighted by molar-refractivity contribution is 9.10. The maximum absolute atomic E-state index is 13.7. The van der Waals surface area contributed by atoms with Crippen molar-refractivity contribution in [2.24, 2.45) is 0 Å². The highest BCUT2D eigenvalue weighted by Gasteiger charge is 2.20. The number of hydrogen-bond acceptors (Lipinski definition) is 3. The van der Waals surface area contributed by atoms with Crippen LogP contribution in [0.4, 0.5) is 13.9 Å². The standard InChI is InChI=1S/C13H11BrF2N2OS/c1-3-10-6(2)20-13(17-10)18-12(19)11-8(15)4-7(14)5-9(11)16/h4-5H,3H2,1-2H3,(H,17,18,19). The SMILES string of the molecule is CCc1nc(NC(=O)c2c(F)cc(Br)cc2F)sc1C. The number of rotatable bonds is 3. The van der Waals surface area contributed by atoms with Gasteiger partial charge >= 0.3 is 0 Å². The van der Waals surface area contributed by atoms with Crippen molar-refractivity contribution in [1.29, 1.82) is 0 Å². The molecule has 0 fully saturated rings. The van der Waals surface area contributed by atoms with E-state index >= 15 is 0 Å². The summed E-state index contributed by atoms with van der Waals surface area (Å²) in [6.45, 7) is 3.83. The van der Waals surface area contributed by atoms with Gasteiger partial charge in [0.2, 0.25) is 0 Å². The second-order valence-electron chi connectivity index (χ2n) is 4.07. The van der Waals surface area contributed by atoms with Crippen LogP contribution in [0.3, 0.4) is 0 Å². The topological polar surface area (TPSA) is 42.0 Å². The molecule has 3 nitrogen and oxygen atoms in total. The van der Waals surface area contributed by atoms with E-state index in [1.807, 2.05) is 13.8 Å². The molecule has 1 N–H and O–H groups in total. The zero-order valence-corrected chi connectivity index (χ0v) is 13.2. The summed E-state index contributed by atoms with van der Waals surface area (Å²) in [5, 5.41) is 2.77. The Morgan fingerprint density at radius 2 is 2.00 bits per heavy atom. The molecule has 0 atom stereocenters. The Kier molecular flexibility index (Phi) is 4.49. The second kappa shape index (κ2) is 5.97. The molecule has 1 amide bonds. The number of carbonyl (C=O) groups is 1. The van der Waals surface area contributed by atoms with E-state index in [0.717, 1.165) is 29.1 Å². The molecular formula is C13H11BrF2N2OS. The molecule has 1 aromatic heterocycles. The Hall–Kier alpha value is -1.34. The number of anilines is 1. The van der Waals surface area contributed by atoms with Gasteiger partial charge < -0.3 is 0 Å². The molecule has 0 aliphatic heterocycles. The maximum Gasteiger partial charge on any atom is 0.263 e. The van der Waals surface area contributed by atoms with E-state index in [1.54, 1.807) is 0 Å². The van der Waals surface area contributed by atoms with Gasteiger partial charge in [-0.1, -0.05) is 22.9 Å². The van der Waals surface area contributed by atoms with E-state index in [2.05, 4.69) is 26.2 Å². The average molecular weight is 361 g/mol. The summed E-state index contributed by atoms with van der Waals surface area (Å²) in [7, 11) is 0. The van der Waals surface area contributed by atoms with Crippen LogP contribution in [0.1, 0.15) is 27.9 Å². The van der Waals surface area contributed by atoms with Crippen molar-refractivity contribution in [3.63, 3.8) is 0 Å². The molecule has 0 radical (unpaired) electrons. The summed E-state index contributed by atoms with van der Waals surface area (Å²) in [4.78, 5) is 17.1. The molecule has 2 rings (SSSR count). The van der Waals surface area contributed by atoms with E-state index in [-0.39, 0.29) is 4.47 Å². The molecule has 0 aliphatic carbocycles. The van der Waals surface area contributed by atoms with E-state index in [1.165, 1.54) is 11.3 Å². The maximum atomic E-state index is 13.7. The lowest BCUT2D eigenvalue weighted by molar-refractivity contribution is 0.101. The molecular weight excluding hydrogens is 350 g/mol. The predicted octanol–water partition coefficient (Wildman–Crippen LogP) is 4.31. The summed E-state index contributed by atoms with van der Waals surface area (Å²) >= 11 is 4.24. The minimum absolute atomic E-state index is 0.238. The molecule has 2 aromatic rings. The first-order valence-electron chi connectivity index (χ1n) is 5.84. The van der Waals surface area contributed by atoms with Gasteiger partial charge in [0.05, 0.1) is 5.69 Å². The van der Waals surface area contributed by atoms with Crippen molar-refractivity contribution >= 4 is 38.3 Å². The Morgan fingerprint density at radius 1 is 1.40 bits per heavy atom. The number of amides is 1. The lowest BCUT2D eigenvalue weighted by Gasteiger charge is -2.05. The van der Waals surface area contributed by atoms with Gasteiger partial charge in [-0.3, -0.25) is 10.1 Å². The van der Waals surface area contributed by atoms with Crippen molar-refractivity contribution in [3.05, 3.63) is 44.4 Å². The first-order valence-corrected chi connectivity index (χ1v) is 7.45. The molecule has 1 aromatic carbocycles. The monoisotopic (exact) mass is 360 g/mol. The van der Waals surface area contributed by atoms with Crippen LogP contribution in [0.5, 0.6) is 0 Å².